The molecule has 3 N–H and O–H groups in total. The van der Waals surface area contributed by atoms with E-state index in [1.54, 1.807) is 12.1 Å². The summed E-state index contributed by atoms with van der Waals surface area (Å²) in [5.41, 5.74) is -1.18. The molecule has 4 atom stereocenters. The smallest absolute Gasteiger partial charge is 0.242 e. The van der Waals surface area contributed by atoms with Crippen LogP contribution in [0.4, 0.5) is 20.2 Å². The van der Waals surface area contributed by atoms with Gasteiger partial charge in [-0.25, -0.2) is 8.78 Å². The van der Waals surface area contributed by atoms with E-state index in [0.29, 0.717) is 12.0 Å². The Hall–Kier alpha value is -3.71. The lowest BCUT2D eigenvalue weighted by Gasteiger charge is -2.37. The highest BCUT2D eigenvalue weighted by Crippen LogP contribution is 2.57. The minimum Gasteiger partial charge on any atom is -0.495 e. The molecule has 0 bridgehead atoms. The number of fused-ring (bicyclic) bond motifs is 2. The Labute approximate surface area is 252 Å². The van der Waals surface area contributed by atoms with Gasteiger partial charge in [-0.2, -0.15) is 5.26 Å². The van der Waals surface area contributed by atoms with E-state index in [-0.39, 0.29) is 43.7 Å². The van der Waals surface area contributed by atoms with Crippen molar-refractivity contribution < 1.29 is 23.1 Å². The number of hydrogen-bond donors (Lipinski definition) is 3. The van der Waals surface area contributed by atoms with Gasteiger partial charge in [-0.1, -0.05) is 62.2 Å². The van der Waals surface area contributed by atoms with Crippen LogP contribution < -0.4 is 20.7 Å². The first-order valence-electron chi connectivity index (χ1n) is 13.2. The van der Waals surface area contributed by atoms with Crippen molar-refractivity contribution in [2.75, 3.05) is 17.7 Å². The second-order valence-corrected chi connectivity index (χ2v) is 12.5. The van der Waals surface area contributed by atoms with E-state index in [1.807, 2.05) is 26.8 Å². The number of anilines is 2. The summed E-state index contributed by atoms with van der Waals surface area (Å²) in [6.45, 7) is 5.92. The predicted molar refractivity (Wildman–Crippen MR) is 157 cm³/mol. The Morgan fingerprint density at radius 1 is 1.12 bits per heavy atom. The lowest BCUT2D eigenvalue weighted by molar-refractivity contribution is -0.122. The standard InChI is InChI=1S/C31H28Cl2F2N4O3/c1-30(2,3)13-22-31(17-9-10-19(33)25(35)26(17)39-29(31)41)23(16-6-5-7-18(32)24(16)34)27(38-22)28(40)37-20-11-8-15(14-36)12-21(20)42-4/h5-12,22-23,27,38H,13H2,1-4H3,(H,37,40)(H,39,41)/t22-,23-,27+,31+/m0/s1. The maximum absolute atomic E-state index is 15.9. The van der Waals surface area contributed by atoms with Crippen molar-refractivity contribution in [2.24, 2.45) is 5.41 Å². The second kappa shape index (κ2) is 10.8. The highest BCUT2D eigenvalue weighted by atomic mass is 35.5. The highest BCUT2D eigenvalue weighted by Gasteiger charge is 2.66. The van der Waals surface area contributed by atoms with E-state index in [4.69, 9.17) is 27.9 Å². The molecule has 2 aliphatic rings. The molecule has 0 aliphatic carbocycles. The molecule has 1 fully saturated rings. The molecule has 0 radical (unpaired) electrons. The van der Waals surface area contributed by atoms with Crippen LogP contribution in [0.15, 0.2) is 48.5 Å². The van der Waals surface area contributed by atoms with Crippen molar-refractivity contribution in [1.29, 1.82) is 5.26 Å². The molecule has 1 spiro atoms. The molecular formula is C31H28Cl2F2N4O3. The molecule has 2 amide bonds. The van der Waals surface area contributed by atoms with Crippen molar-refractivity contribution in [3.05, 3.63) is 86.9 Å². The zero-order valence-electron chi connectivity index (χ0n) is 23.2. The molecule has 3 aromatic carbocycles. The van der Waals surface area contributed by atoms with Gasteiger partial charge >= 0.3 is 0 Å². The monoisotopic (exact) mass is 612 g/mol. The van der Waals surface area contributed by atoms with Gasteiger partial charge in [-0.15, -0.1) is 0 Å². The zero-order valence-corrected chi connectivity index (χ0v) is 24.8. The molecule has 11 heteroatoms. The van der Waals surface area contributed by atoms with Gasteiger partial charge in [0.2, 0.25) is 11.8 Å². The summed E-state index contributed by atoms with van der Waals surface area (Å²) >= 11 is 12.3. The molecule has 7 nitrogen and oxygen atoms in total. The minimum atomic E-state index is -1.61. The molecule has 5 rings (SSSR count). The number of carbonyl (C=O) groups is 2. The fourth-order valence-corrected chi connectivity index (χ4v) is 6.59. The van der Waals surface area contributed by atoms with E-state index >= 15 is 8.78 Å². The Balaban J connectivity index is 1.74. The average molecular weight is 613 g/mol. The van der Waals surface area contributed by atoms with Crippen LogP contribution in [0, 0.1) is 28.4 Å². The number of halogens is 4. The molecule has 3 aromatic rings. The summed E-state index contributed by atoms with van der Waals surface area (Å²) in [4.78, 5) is 28.3. The third kappa shape index (κ3) is 4.77. The number of rotatable bonds is 5. The van der Waals surface area contributed by atoms with Crippen LogP contribution in [0.5, 0.6) is 5.75 Å². The number of nitrogens with zero attached hydrogens (tertiary/aromatic N) is 1. The fourth-order valence-electron chi connectivity index (χ4n) is 6.25. The highest BCUT2D eigenvalue weighted by molar-refractivity contribution is 6.31. The first-order valence-corrected chi connectivity index (χ1v) is 14.0. The summed E-state index contributed by atoms with van der Waals surface area (Å²) in [6, 6.07) is 11.9. The number of amides is 2. The van der Waals surface area contributed by atoms with Gasteiger partial charge in [0.25, 0.3) is 0 Å². The molecule has 42 heavy (non-hydrogen) atoms. The Kier molecular flexibility index (Phi) is 7.69. The topological polar surface area (TPSA) is 103 Å². The molecule has 0 saturated carbocycles. The third-order valence-electron chi connectivity index (χ3n) is 7.91. The number of methoxy groups -OCH3 is 1. The second-order valence-electron chi connectivity index (χ2n) is 11.7. The van der Waals surface area contributed by atoms with Crippen LogP contribution in [0.2, 0.25) is 10.0 Å². The number of carbonyl (C=O) groups excluding carboxylic acids is 2. The normalized spacial score (nSPS) is 22.9. The van der Waals surface area contributed by atoms with Crippen molar-refractivity contribution in [1.82, 2.24) is 5.32 Å². The first kappa shape index (κ1) is 29.8. The van der Waals surface area contributed by atoms with Gasteiger partial charge in [-0.3, -0.25) is 9.59 Å². The number of hydrogen-bond acceptors (Lipinski definition) is 5. The SMILES string of the molecule is COc1cc(C#N)ccc1NC(=O)[C@@H]1N[C@@H](CC(C)(C)C)[C@@]2(C(=O)Nc3c2ccc(Cl)c3F)[C@H]1c1cccc(Cl)c1F. The summed E-state index contributed by atoms with van der Waals surface area (Å²) in [6.07, 6.45) is 0.368. The van der Waals surface area contributed by atoms with Crippen LogP contribution in [0.25, 0.3) is 0 Å². The van der Waals surface area contributed by atoms with E-state index in [2.05, 4.69) is 16.0 Å². The summed E-state index contributed by atoms with van der Waals surface area (Å²) in [5, 5.41) is 17.7. The lowest BCUT2D eigenvalue weighted by Crippen LogP contribution is -2.49. The van der Waals surface area contributed by atoms with Crippen molar-refractivity contribution in [2.45, 2.75) is 50.6 Å². The largest absolute Gasteiger partial charge is 0.495 e. The third-order valence-corrected chi connectivity index (χ3v) is 8.50. The average Bonchev–Trinajstić information content (AvgIpc) is 3.42. The molecule has 2 heterocycles. The first-order chi connectivity index (χ1) is 19.8. The molecule has 2 aliphatic heterocycles. The van der Waals surface area contributed by atoms with Crippen molar-refractivity contribution in [3.8, 4) is 11.8 Å². The molecule has 0 aromatic heterocycles. The van der Waals surface area contributed by atoms with Gasteiger partial charge in [0.1, 0.15) is 17.0 Å². The van der Waals surface area contributed by atoms with Gasteiger partial charge in [0.15, 0.2) is 5.82 Å². The summed E-state index contributed by atoms with van der Waals surface area (Å²) in [5.74, 6) is -3.69. The summed E-state index contributed by atoms with van der Waals surface area (Å²) < 4.78 is 36.6. The van der Waals surface area contributed by atoms with E-state index in [9.17, 15) is 14.9 Å². The predicted octanol–water partition coefficient (Wildman–Crippen LogP) is 6.54. The molecule has 1 saturated heterocycles. The number of ether oxygens (including phenoxy) is 1. The maximum atomic E-state index is 15.9. The fraction of sp³-hybridized carbons (Fsp3) is 0.323. The number of benzene rings is 3. The van der Waals surface area contributed by atoms with Crippen LogP contribution in [-0.2, 0) is 15.0 Å². The van der Waals surface area contributed by atoms with Crippen molar-refractivity contribution in [3.63, 3.8) is 0 Å². The lowest BCUT2D eigenvalue weighted by atomic mass is 9.62. The van der Waals surface area contributed by atoms with Crippen LogP contribution in [0.3, 0.4) is 0 Å². The number of nitrogens with one attached hydrogen (secondary N) is 3. The molecular weight excluding hydrogens is 585 g/mol. The van der Waals surface area contributed by atoms with Gasteiger partial charge in [0.05, 0.1) is 46.2 Å². The van der Waals surface area contributed by atoms with Crippen LogP contribution >= 0.6 is 23.2 Å². The van der Waals surface area contributed by atoms with Gasteiger partial charge in [0, 0.05) is 18.0 Å². The molecule has 0 unspecified atom stereocenters. The van der Waals surface area contributed by atoms with E-state index in [1.165, 1.54) is 43.5 Å². The van der Waals surface area contributed by atoms with Crippen molar-refractivity contribution >= 4 is 46.4 Å². The Morgan fingerprint density at radius 2 is 1.83 bits per heavy atom. The number of nitriles is 1. The molecule has 218 valence electrons. The zero-order chi connectivity index (χ0) is 30.6. The Morgan fingerprint density at radius 3 is 2.50 bits per heavy atom. The van der Waals surface area contributed by atoms with E-state index < -0.39 is 46.9 Å². The van der Waals surface area contributed by atoms with Crippen LogP contribution in [0.1, 0.15) is 49.8 Å². The Bertz CT molecular complexity index is 1650. The van der Waals surface area contributed by atoms with Gasteiger partial charge < -0.3 is 20.7 Å². The van der Waals surface area contributed by atoms with Crippen LogP contribution in [-0.4, -0.2) is 31.0 Å². The van der Waals surface area contributed by atoms with Gasteiger partial charge in [-0.05, 0) is 47.2 Å². The quantitative estimate of drug-likeness (QED) is 0.303. The minimum absolute atomic E-state index is 0.0247. The van der Waals surface area contributed by atoms with E-state index in [0.717, 1.165) is 0 Å². The maximum Gasteiger partial charge on any atom is 0.242 e. The summed E-state index contributed by atoms with van der Waals surface area (Å²) in [7, 11) is 1.40.